The Balaban J connectivity index is 2.21. The molecule has 1 aromatic rings. The van der Waals surface area contributed by atoms with E-state index in [0.29, 0.717) is 12.1 Å². The summed E-state index contributed by atoms with van der Waals surface area (Å²) in [4.78, 5) is 12.4. The summed E-state index contributed by atoms with van der Waals surface area (Å²) >= 11 is 3.41. The monoisotopic (exact) mass is 313 g/mol. The van der Waals surface area contributed by atoms with Gasteiger partial charge in [-0.15, -0.1) is 0 Å². The lowest BCUT2D eigenvalue weighted by Crippen LogP contribution is -2.39. The number of aromatic nitrogens is 2. The van der Waals surface area contributed by atoms with Crippen molar-refractivity contribution in [1.82, 2.24) is 9.78 Å². The average Bonchev–Trinajstić information content (AvgIpc) is 2.84. The molecule has 1 saturated carbocycles. The predicted molar refractivity (Wildman–Crippen MR) is 74.6 cm³/mol. The summed E-state index contributed by atoms with van der Waals surface area (Å²) in [6.45, 7) is 4.04. The molecule has 0 saturated heterocycles. The Bertz CT molecular complexity index is 447. The highest BCUT2D eigenvalue weighted by molar-refractivity contribution is 9.10. The van der Waals surface area contributed by atoms with Crippen LogP contribution in [0, 0.1) is 0 Å². The van der Waals surface area contributed by atoms with E-state index in [2.05, 4.69) is 21.0 Å². The molecule has 2 N–H and O–H groups in total. The van der Waals surface area contributed by atoms with Crippen LogP contribution in [0.2, 0.25) is 0 Å². The fraction of sp³-hybridized carbons (Fsp3) is 0.692. The van der Waals surface area contributed by atoms with Gasteiger partial charge in [0, 0.05) is 18.0 Å². The van der Waals surface area contributed by atoms with Gasteiger partial charge in [-0.05, 0) is 42.6 Å². The molecule has 1 aliphatic rings. The van der Waals surface area contributed by atoms with Crippen LogP contribution in [-0.2, 0) is 0 Å². The number of nitrogens with zero attached hydrogens (tertiary/aromatic N) is 2. The number of Topliss-reactive ketones (excluding diaryl/α,β-unsaturated/α-hetero) is 1. The van der Waals surface area contributed by atoms with Crippen LogP contribution < -0.4 is 5.73 Å². The summed E-state index contributed by atoms with van der Waals surface area (Å²) in [6.07, 6.45) is 6.27. The van der Waals surface area contributed by atoms with Crippen LogP contribution in [0.5, 0.6) is 0 Å². The van der Waals surface area contributed by atoms with Crippen LogP contribution in [0.3, 0.4) is 0 Å². The minimum absolute atomic E-state index is 0.0949. The third-order valence-corrected chi connectivity index (χ3v) is 4.20. The third kappa shape index (κ3) is 2.67. The van der Waals surface area contributed by atoms with Gasteiger partial charge in [0.25, 0.3) is 0 Å². The number of nitrogens with two attached hydrogens (primary N) is 1. The Morgan fingerprint density at radius 2 is 2.17 bits per heavy atom. The largest absolute Gasteiger partial charge is 0.325 e. The van der Waals surface area contributed by atoms with Gasteiger partial charge in [-0.3, -0.25) is 9.48 Å². The van der Waals surface area contributed by atoms with Crippen molar-refractivity contribution >= 4 is 21.7 Å². The number of carbonyl (C=O) groups is 1. The molecule has 5 heteroatoms. The molecule has 18 heavy (non-hydrogen) atoms. The maximum Gasteiger partial charge on any atom is 0.183 e. The molecule has 1 heterocycles. The maximum absolute atomic E-state index is 12.4. The van der Waals surface area contributed by atoms with Gasteiger partial charge in [0.1, 0.15) is 5.69 Å². The van der Waals surface area contributed by atoms with Gasteiger partial charge in [0.2, 0.25) is 0 Å². The smallest absolute Gasteiger partial charge is 0.183 e. The molecule has 0 unspecified atom stereocenters. The first-order valence-corrected chi connectivity index (χ1v) is 7.27. The van der Waals surface area contributed by atoms with Crippen molar-refractivity contribution in [3.05, 3.63) is 16.4 Å². The zero-order chi connectivity index (χ0) is 13.3. The molecule has 0 bridgehead atoms. The van der Waals surface area contributed by atoms with Crippen molar-refractivity contribution in [2.75, 3.05) is 0 Å². The second-order valence-electron chi connectivity index (χ2n) is 5.55. The molecule has 0 amide bonds. The van der Waals surface area contributed by atoms with Crippen LogP contribution >= 0.6 is 15.9 Å². The Morgan fingerprint density at radius 1 is 1.56 bits per heavy atom. The third-order valence-electron chi connectivity index (χ3n) is 3.62. The number of hydrogen-bond acceptors (Lipinski definition) is 3. The topological polar surface area (TPSA) is 60.9 Å². The molecule has 1 fully saturated rings. The SMILES string of the molecule is CC(C)n1ncc(Br)c1C(=O)CC1(N)CCCC1. The van der Waals surface area contributed by atoms with Crippen LogP contribution in [-0.4, -0.2) is 21.1 Å². The second kappa shape index (κ2) is 5.13. The molecule has 0 spiro atoms. The fourth-order valence-electron chi connectivity index (χ4n) is 2.65. The number of carbonyl (C=O) groups excluding carboxylic acids is 1. The molecule has 0 aliphatic heterocycles. The first kappa shape index (κ1) is 13.7. The van der Waals surface area contributed by atoms with Crippen molar-refractivity contribution < 1.29 is 4.79 Å². The van der Waals surface area contributed by atoms with E-state index in [-0.39, 0.29) is 17.4 Å². The van der Waals surface area contributed by atoms with E-state index in [0.717, 1.165) is 30.2 Å². The Morgan fingerprint density at radius 3 is 2.72 bits per heavy atom. The lowest BCUT2D eigenvalue weighted by molar-refractivity contribution is 0.0939. The summed E-state index contributed by atoms with van der Waals surface area (Å²) in [5.74, 6) is 0.0949. The van der Waals surface area contributed by atoms with E-state index < -0.39 is 0 Å². The van der Waals surface area contributed by atoms with Crippen molar-refractivity contribution in [1.29, 1.82) is 0 Å². The zero-order valence-electron chi connectivity index (χ0n) is 10.9. The number of ketones is 1. The summed E-state index contributed by atoms with van der Waals surface area (Å²) in [6, 6.07) is 0.174. The van der Waals surface area contributed by atoms with Crippen LogP contribution in [0.25, 0.3) is 0 Å². The molecule has 0 radical (unpaired) electrons. The van der Waals surface area contributed by atoms with Crippen molar-refractivity contribution in [3.8, 4) is 0 Å². The molecule has 4 nitrogen and oxygen atoms in total. The van der Waals surface area contributed by atoms with Gasteiger partial charge in [0.05, 0.1) is 10.7 Å². The standard InChI is InChI=1S/C13H20BrN3O/c1-9(2)17-12(10(14)8-16-17)11(18)7-13(15)5-3-4-6-13/h8-9H,3-7,15H2,1-2H3. The minimum Gasteiger partial charge on any atom is -0.325 e. The normalized spacial score (nSPS) is 18.5. The first-order chi connectivity index (χ1) is 8.43. The zero-order valence-corrected chi connectivity index (χ0v) is 12.5. The molecule has 2 rings (SSSR count). The molecular weight excluding hydrogens is 294 g/mol. The molecule has 100 valence electrons. The highest BCUT2D eigenvalue weighted by Crippen LogP contribution is 2.32. The van der Waals surface area contributed by atoms with Crippen LogP contribution in [0.4, 0.5) is 0 Å². The van der Waals surface area contributed by atoms with E-state index in [1.807, 2.05) is 13.8 Å². The lowest BCUT2D eigenvalue weighted by atomic mass is 9.91. The predicted octanol–water partition coefficient (Wildman–Crippen LogP) is 3.07. The Labute approximate surface area is 116 Å². The van der Waals surface area contributed by atoms with Gasteiger partial charge >= 0.3 is 0 Å². The summed E-state index contributed by atoms with van der Waals surface area (Å²) in [7, 11) is 0. The maximum atomic E-state index is 12.4. The lowest BCUT2D eigenvalue weighted by Gasteiger charge is -2.23. The summed E-state index contributed by atoms with van der Waals surface area (Å²) < 4.78 is 2.54. The highest BCUT2D eigenvalue weighted by Gasteiger charge is 2.33. The van der Waals surface area contributed by atoms with E-state index in [1.165, 1.54) is 0 Å². The minimum atomic E-state index is -0.303. The van der Waals surface area contributed by atoms with Gasteiger partial charge in [-0.25, -0.2) is 0 Å². The van der Waals surface area contributed by atoms with Crippen molar-refractivity contribution in [3.63, 3.8) is 0 Å². The number of hydrogen-bond donors (Lipinski definition) is 1. The first-order valence-electron chi connectivity index (χ1n) is 6.48. The Hall–Kier alpha value is -0.680. The van der Waals surface area contributed by atoms with E-state index in [4.69, 9.17) is 5.73 Å². The van der Waals surface area contributed by atoms with Gasteiger partial charge in [0.15, 0.2) is 5.78 Å². The molecule has 0 atom stereocenters. The molecule has 1 aliphatic carbocycles. The quantitative estimate of drug-likeness (QED) is 0.869. The van der Waals surface area contributed by atoms with Gasteiger partial charge in [-0.1, -0.05) is 12.8 Å². The van der Waals surface area contributed by atoms with Crippen LogP contribution in [0.1, 0.15) is 62.5 Å². The van der Waals surface area contributed by atoms with Gasteiger partial charge in [-0.2, -0.15) is 5.10 Å². The second-order valence-corrected chi connectivity index (χ2v) is 6.40. The molecule has 0 aromatic carbocycles. The summed E-state index contributed by atoms with van der Waals surface area (Å²) in [5.41, 5.74) is 6.63. The molecule has 1 aromatic heterocycles. The van der Waals surface area contributed by atoms with Crippen LogP contribution in [0.15, 0.2) is 10.7 Å². The van der Waals surface area contributed by atoms with E-state index in [9.17, 15) is 4.79 Å². The van der Waals surface area contributed by atoms with E-state index >= 15 is 0 Å². The average molecular weight is 314 g/mol. The molecular formula is C13H20BrN3O. The summed E-state index contributed by atoms with van der Waals surface area (Å²) in [5, 5.41) is 4.24. The number of rotatable bonds is 4. The van der Waals surface area contributed by atoms with Crippen molar-refractivity contribution in [2.45, 2.75) is 57.5 Å². The fourth-order valence-corrected chi connectivity index (χ4v) is 3.15. The van der Waals surface area contributed by atoms with Gasteiger partial charge < -0.3 is 5.73 Å². The Kier molecular flexibility index (Phi) is 3.92. The van der Waals surface area contributed by atoms with Crippen molar-refractivity contribution in [2.24, 2.45) is 5.73 Å². The highest BCUT2D eigenvalue weighted by atomic mass is 79.9. The van der Waals surface area contributed by atoms with E-state index in [1.54, 1.807) is 10.9 Å². The number of halogens is 1.